The molecule has 0 aliphatic heterocycles. The molecule has 0 aliphatic rings. The van der Waals surface area contributed by atoms with E-state index in [1.807, 2.05) is 0 Å². The highest BCUT2D eigenvalue weighted by molar-refractivity contribution is 7.72. The zero-order valence-electron chi connectivity index (χ0n) is 14.1. The number of unbranched alkanes of at least 4 members (excludes halogenated alkanes) is 2. The van der Waals surface area contributed by atoms with E-state index >= 15 is 0 Å². The molecule has 1 aromatic heterocycles. The van der Waals surface area contributed by atoms with Gasteiger partial charge >= 0.3 is 15.2 Å². The van der Waals surface area contributed by atoms with Gasteiger partial charge in [0, 0.05) is 6.07 Å². The van der Waals surface area contributed by atoms with Crippen LogP contribution in [0.3, 0.4) is 0 Å². The molecule has 0 atom stereocenters. The number of fused-ring (bicyclic) bond motifs is 1. The molecule has 5 N–H and O–H groups in total. The van der Waals surface area contributed by atoms with Crippen molar-refractivity contribution in [2.45, 2.75) is 37.8 Å². The molecule has 0 fully saturated rings. The topological polar surface area (TPSA) is 162 Å². The van der Waals surface area contributed by atoms with Gasteiger partial charge in [0.05, 0.1) is 30.5 Å². The van der Waals surface area contributed by atoms with Gasteiger partial charge < -0.3 is 34.0 Å². The molecule has 0 saturated heterocycles. The van der Waals surface area contributed by atoms with Gasteiger partial charge in [-0.25, -0.2) is 4.98 Å². The largest absolute Gasteiger partial charge is 0.494 e. The number of aliphatic hydroxyl groups is 1. The van der Waals surface area contributed by atoms with Crippen LogP contribution in [0.25, 0.3) is 11.0 Å². The Bertz CT molecular complexity index is 834. The maximum Gasteiger partial charge on any atom is 0.371 e. The van der Waals surface area contributed by atoms with E-state index in [0.717, 1.165) is 30.2 Å². The minimum atomic E-state index is -5.54. The van der Waals surface area contributed by atoms with Gasteiger partial charge in [0.1, 0.15) is 5.75 Å². The molecule has 1 aromatic carbocycles. The minimum Gasteiger partial charge on any atom is -0.494 e. The van der Waals surface area contributed by atoms with E-state index in [1.165, 1.54) is 6.07 Å². The van der Waals surface area contributed by atoms with E-state index in [0.29, 0.717) is 23.4 Å². The van der Waals surface area contributed by atoms with Crippen molar-refractivity contribution in [2.24, 2.45) is 0 Å². The SMILES string of the molecule is CCCCCOc1ccc2c(c1)ncn2CC(O)(P(=O)(O)O)P(=O)(O)O. The highest BCUT2D eigenvalue weighted by atomic mass is 31.2. The Labute approximate surface area is 149 Å². The lowest BCUT2D eigenvalue weighted by Gasteiger charge is -2.29. The van der Waals surface area contributed by atoms with Crippen LogP contribution in [-0.2, 0) is 15.7 Å². The molecular formula is C14H22N2O8P2. The maximum atomic E-state index is 11.5. The molecule has 2 rings (SSSR count). The van der Waals surface area contributed by atoms with Crippen molar-refractivity contribution in [3.05, 3.63) is 24.5 Å². The Morgan fingerprint density at radius 1 is 1.15 bits per heavy atom. The summed E-state index contributed by atoms with van der Waals surface area (Å²) in [7, 11) is -11.1. The first-order valence-corrected chi connectivity index (χ1v) is 11.1. The van der Waals surface area contributed by atoms with Crippen molar-refractivity contribution >= 4 is 26.2 Å². The lowest BCUT2D eigenvalue weighted by atomic mass is 10.2. The third kappa shape index (κ3) is 4.35. The third-order valence-corrected chi connectivity index (χ3v) is 7.64. The van der Waals surface area contributed by atoms with Crippen LogP contribution in [0.2, 0.25) is 0 Å². The van der Waals surface area contributed by atoms with Gasteiger partial charge in [0.25, 0.3) is 5.08 Å². The molecule has 12 heteroatoms. The molecule has 26 heavy (non-hydrogen) atoms. The lowest BCUT2D eigenvalue weighted by Crippen LogP contribution is -2.33. The highest BCUT2D eigenvalue weighted by Crippen LogP contribution is 2.68. The zero-order chi connectivity index (χ0) is 19.6. The Morgan fingerprint density at radius 3 is 2.38 bits per heavy atom. The van der Waals surface area contributed by atoms with Crippen LogP contribution in [0.4, 0.5) is 0 Å². The van der Waals surface area contributed by atoms with E-state index in [4.69, 9.17) is 4.74 Å². The van der Waals surface area contributed by atoms with Crippen LogP contribution in [0.5, 0.6) is 5.75 Å². The average Bonchev–Trinajstić information content (AvgIpc) is 2.91. The van der Waals surface area contributed by atoms with Crippen molar-refractivity contribution in [2.75, 3.05) is 6.61 Å². The Balaban J connectivity index is 2.28. The molecule has 0 spiro atoms. The van der Waals surface area contributed by atoms with E-state index in [9.17, 15) is 33.8 Å². The molecule has 0 aliphatic carbocycles. The fraction of sp³-hybridized carbons (Fsp3) is 0.500. The molecule has 0 radical (unpaired) electrons. The van der Waals surface area contributed by atoms with Crippen LogP contribution >= 0.6 is 15.2 Å². The summed E-state index contributed by atoms with van der Waals surface area (Å²) in [5.41, 5.74) is 0.739. The third-order valence-electron chi connectivity index (χ3n) is 3.92. The van der Waals surface area contributed by atoms with Gasteiger partial charge in [-0.1, -0.05) is 19.8 Å². The highest BCUT2D eigenvalue weighted by Gasteiger charge is 2.59. The van der Waals surface area contributed by atoms with Crippen LogP contribution in [0.15, 0.2) is 24.5 Å². The second kappa shape index (κ2) is 7.78. The fourth-order valence-electron chi connectivity index (χ4n) is 2.38. The summed E-state index contributed by atoms with van der Waals surface area (Å²) in [6.07, 6.45) is 4.15. The molecule has 0 amide bonds. The predicted octanol–water partition coefficient (Wildman–Crippen LogP) is 1.61. The van der Waals surface area contributed by atoms with Crippen molar-refractivity contribution in [1.29, 1.82) is 0 Å². The number of nitrogens with zero attached hydrogens (tertiary/aromatic N) is 2. The van der Waals surface area contributed by atoms with Gasteiger partial charge in [0.2, 0.25) is 0 Å². The van der Waals surface area contributed by atoms with E-state index < -0.39 is 26.8 Å². The molecule has 0 bridgehead atoms. The van der Waals surface area contributed by atoms with Crippen LogP contribution in [0, 0.1) is 0 Å². The molecular weight excluding hydrogens is 386 g/mol. The second-order valence-electron chi connectivity index (χ2n) is 5.94. The summed E-state index contributed by atoms with van der Waals surface area (Å²) in [5.74, 6) is 0.555. The monoisotopic (exact) mass is 408 g/mol. The summed E-state index contributed by atoms with van der Waals surface area (Å²) >= 11 is 0. The fourth-order valence-corrected chi connectivity index (χ4v) is 4.41. The molecule has 10 nitrogen and oxygen atoms in total. The van der Waals surface area contributed by atoms with Crippen molar-refractivity contribution in [3.63, 3.8) is 0 Å². The van der Waals surface area contributed by atoms with Crippen LogP contribution in [-0.4, -0.2) is 45.9 Å². The first kappa shape index (κ1) is 21.1. The van der Waals surface area contributed by atoms with Crippen LogP contribution in [0.1, 0.15) is 26.2 Å². The number of benzene rings is 1. The smallest absolute Gasteiger partial charge is 0.371 e. The molecule has 1 heterocycles. The maximum absolute atomic E-state index is 11.5. The standard InChI is InChI=1S/C14H22N2O8P2/c1-2-3-4-7-24-11-5-6-13-12(8-11)15-10-16(13)9-14(17,25(18,19)20)26(21,22)23/h5-6,8,10,17H,2-4,7,9H2,1H3,(H2,18,19,20)(H2,21,22,23). The second-order valence-corrected chi connectivity index (χ2v) is 9.95. The summed E-state index contributed by atoms with van der Waals surface area (Å²) < 4.78 is 29.6. The van der Waals surface area contributed by atoms with Gasteiger partial charge in [-0.05, 0) is 18.6 Å². The average molecular weight is 408 g/mol. The Morgan fingerprint density at radius 2 is 1.81 bits per heavy atom. The lowest BCUT2D eigenvalue weighted by molar-refractivity contribution is 0.116. The van der Waals surface area contributed by atoms with Crippen molar-refractivity contribution in [1.82, 2.24) is 9.55 Å². The molecule has 0 unspecified atom stereocenters. The zero-order valence-corrected chi connectivity index (χ0v) is 15.9. The van der Waals surface area contributed by atoms with E-state index in [-0.39, 0.29) is 0 Å². The van der Waals surface area contributed by atoms with E-state index in [2.05, 4.69) is 11.9 Å². The minimum absolute atomic E-state index is 0.339. The van der Waals surface area contributed by atoms with Gasteiger partial charge in [-0.3, -0.25) is 9.13 Å². The molecule has 2 aromatic rings. The van der Waals surface area contributed by atoms with Crippen LogP contribution < -0.4 is 4.74 Å². The summed E-state index contributed by atoms with van der Waals surface area (Å²) in [6.45, 7) is 1.60. The number of aromatic nitrogens is 2. The quantitative estimate of drug-likeness (QED) is 0.306. The van der Waals surface area contributed by atoms with Crippen molar-refractivity contribution in [3.8, 4) is 5.75 Å². The van der Waals surface area contributed by atoms with Gasteiger partial charge in [-0.2, -0.15) is 0 Å². The summed E-state index contributed by atoms with van der Waals surface area (Å²) in [5, 5.41) is 6.50. The predicted molar refractivity (Wildman–Crippen MR) is 93.8 cm³/mol. The normalized spacial score (nSPS) is 13.3. The van der Waals surface area contributed by atoms with Gasteiger partial charge in [0.15, 0.2) is 0 Å². The number of rotatable bonds is 9. The summed E-state index contributed by atoms with van der Waals surface area (Å²) in [6, 6.07) is 4.75. The number of ether oxygens (including phenoxy) is 1. The Kier molecular flexibility index (Phi) is 6.30. The summed E-state index contributed by atoms with van der Waals surface area (Å²) in [4.78, 5) is 41.0. The molecule has 0 saturated carbocycles. The number of hydrogen-bond donors (Lipinski definition) is 5. The van der Waals surface area contributed by atoms with Crippen molar-refractivity contribution < 1.29 is 38.5 Å². The first-order chi connectivity index (χ1) is 12.0. The number of imidazole rings is 1. The van der Waals surface area contributed by atoms with Gasteiger partial charge in [-0.15, -0.1) is 0 Å². The first-order valence-electron chi connectivity index (χ1n) is 7.91. The number of hydrogen-bond acceptors (Lipinski definition) is 5. The van der Waals surface area contributed by atoms with E-state index in [1.54, 1.807) is 12.1 Å². The molecule has 146 valence electrons. The Hall–Kier alpha value is -1.25.